The number of hydrogen-bond donors (Lipinski definition) is 0. The van der Waals surface area contributed by atoms with Crippen LogP contribution in [0, 0.1) is 11.6 Å². The topological polar surface area (TPSA) is 37.4 Å². The highest BCUT2D eigenvalue weighted by atomic mass is 35.5. The first-order chi connectivity index (χ1) is 7.50. The maximum absolute atomic E-state index is 13.4. The Hall–Kier alpha value is -1.75. The fourth-order valence-corrected chi connectivity index (χ4v) is 1.65. The Labute approximate surface area is 93.9 Å². The average Bonchev–Trinajstić information content (AvgIpc) is 2.47. The van der Waals surface area contributed by atoms with E-state index in [1.165, 1.54) is 0 Å². The molecule has 0 aliphatic carbocycles. The number of rotatable bonds is 1. The molecule has 0 spiro atoms. The van der Waals surface area contributed by atoms with Crippen LogP contribution in [0.2, 0.25) is 5.02 Å². The summed E-state index contributed by atoms with van der Waals surface area (Å²) in [6.07, 6.45) is 1.98. The van der Waals surface area contributed by atoms with Gasteiger partial charge in [-0.25, -0.2) is 13.7 Å². The molecule has 0 aromatic heterocycles. The number of nitrogens with zero attached hydrogens (tertiary/aromatic N) is 1. The molecular formula is C10H4ClF2NO2. The maximum Gasteiger partial charge on any atom is 0.258 e. The van der Waals surface area contributed by atoms with E-state index in [2.05, 4.69) is 0 Å². The van der Waals surface area contributed by atoms with Gasteiger partial charge in [0.25, 0.3) is 11.8 Å². The molecule has 82 valence electrons. The van der Waals surface area contributed by atoms with E-state index in [9.17, 15) is 18.4 Å². The molecule has 16 heavy (non-hydrogen) atoms. The van der Waals surface area contributed by atoms with Gasteiger partial charge in [0.15, 0.2) is 5.82 Å². The van der Waals surface area contributed by atoms with Crippen molar-refractivity contribution in [3.63, 3.8) is 0 Å². The van der Waals surface area contributed by atoms with Gasteiger partial charge in [0, 0.05) is 18.2 Å². The molecule has 0 saturated carbocycles. The predicted molar refractivity (Wildman–Crippen MR) is 53.0 cm³/mol. The standard InChI is InChI=1S/C10H4ClF2NO2/c11-6-3-5(12)4-7(13)10(6)14-8(15)1-2-9(14)16/h1-4H. The molecule has 0 saturated heterocycles. The highest BCUT2D eigenvalue weighted by Crippen LogP contribution is 2.31. The third kappa shape index (κ3) is 1.59. The van der Waals surface area contributed by atoms with Crippen LogP contribution >= 0.6 is 11.6 Å². The van der Waals surface area contributed by atoms with E-state index in [1.807, 2.05) is 0 Å². The Bertz CT molecular complexity index is 487. The molecule has 1 heterocycles. The van der Waals surface area contributed by atoms with Gasteiger partial charge in [0.1, 0.15) is 11.5 Å². The van der Waals surface area contributed by atoms with Crippen LogP contribution in [-0.4, -0.2) is 11.8 Å². The molecule has 0 bridgehead atoms. The predicted octanol–water partition coefficient (Wildman–Crippen LogP) is 2.05. The summed E-state index contributed by atoms with van der Waals surface area (Å²) in [6, 6.07) is 1.39. The van der Waals surface area contributed by atoms with Gasteiger partial charge >= 0.3 is 0 Å². The highest BCUT2D eigenvalue weighted by Gasteiger charge is 2.29. The minimum absolute atomic E-state index is 0.331. The molecule has 1 aromatic rings. The van der Waals surface area contributed by atoms with E-state index in [4.69, 9.17) is 11.6 Å². The number of benzene rings is 1. The van der Waals surface area contributed by atoms with Crippen molar-refractivity contribution >= 4 is 29.1 Å². The number of imide groups is 1. The zero-order valence-corrected chi connectivity index (χ0v) is 8.46. The molecule has 0 atom stereocenters. The normalized spacial score (nSPS) is 15.1. The quantitative estimate of drug-likeness (QED) is 0.708. The monoisotopic (exact) mass is 243 g/mol. The van der Waals surface area contributed by atoms with Crippen LogP contribution in [0.4, 0.5) is 14.5 Å². The minimum atomic E-state index is -1.06. The summed E-state index contributed by atoms with van der Waals surface area (Å²) in [5, 5.41) is -0.331. The van der Waals surface area contributed by atoms with E-state index >= 15 is 0 Å². The summed E-state index contributed by atoms with van der Waals surface area (Å²) in [6.45, 7) is 0. The van der Waals surface area contributed by atoms with Crippen LogP contribution in [0.15, 0.2) is 24.3 Å². The van der Waals surface area contributed by atoms with Gasteiger partial charge in [-0.2, -0.15) is 0 Å². The fourth-order valence-electron chi connectivity index (χ4n) is 1.37. The Morgan fingerprint density at radius 2 is 1.62 bits per heavy atom. The van der Waals surface area contributed by atoms with Gasteiger partial charge in [-0.1, -0.05) is 11.6 Å². The van der Waals surface area contributed by atoms with Crippen LogP contribution in [0.25, 0.3) is 0 Å². The van der Waals surface area contributed by atoms with Crippen LogP contribution in [0.5, 0.6) is 0 Å². The second kappa shape index (κ2) is 3.68. The Kier molecular flexibility index (Phi) is 2.47. The second-order valence-corrected chi connectivity index (χ2v) is 3.47. The number of amides is 2. The van der Waals surface area contributed by atoms with Gasteiger partial charge < -0.3 is 0 Å². The third-order valence-electron chi connectivity index (χ3n) is 2.01. The largest absolute Gasteiger partial charge is 0.269 e. The molecule has 1 aliphatic rings. The summed E-state index contributed by atoms with van der Waals surface area (Å²) in [5.74, 6) is -3.36. The Balaban J connectivity index is 2.57. The van der Waals surface area contributed by atoms with Crippen molar-refractivity contribution in [3.05, 3.63) is 40.9 Å². The number of halogens is 3. The zero-order chi connectivity index (χ0) is 11.9. The summed E-state index contributed by atoms with van der Waals surface area (Å²) >= 11 is 5.59. The van der Waals surface area contributed by atoms with Crippen molar-refractivity contribution in [2.45, 2.75) is 0 Å². The lowest BCUT2D eigenvalue weighted by Crippen LogP contribution is -2.30. The molecule has 0 fully saturated rings. The molecule has 2 rings (SSSR count). The van der Waals surface area contributed by atoms with Crippen LogP contribution in [0.1, 0.15) is 0 Å². The van der Waals surface area contributed by atoms with Crippen LogP contribution in [-0.2, 0) is 9.59 Å². The van der Waals surface area contributed by atoms with Crippen molar-refractivity contribution in [2.24, 2.45) is 0 Å². The molecule has 2 amide bonds. The lowest BCUT2D eigenvalue weighted by molar-refractivity contribution is -0.120. The fraction of sp³-hybridized carbons (Fsp3) is 0. The molecule has 1 aliphatic heterocycles. The molecule has 1 aromatic carbocycles. The van der Waals surface area contributed by atoms with Crippen molar-refractivity contribution in [1.29, 1.82) is 0 Å². The van der Waals surface area contributed by atoms with E-state index in [-0.39, 0.29) is 5.02 Å². The number of hydrogen-bond acceptors (Lipinski definition) is 2. The summed E-state index contributed by atoms with van der Waals surface area (Å²) in [7, 11) is 0. The Morgan fingerprint density at radius 1 is 1.06 bits per heavy atom. The molecule has 0 unspecified atom stereocenters. The lowest BCUT2D eigenvalue weighted by Gasteiger charge is -2.16. The van der Waals surface area contributed by atoms with E-state index in [1.54, 1.807) is 0 Å². The molecule has 0 radical (unpaired) electrons. The van der Waals surface area contributed by atoms with Crippen molar-refractivity contribution in [3.8, 4) is 0 Å². The second-order valence-electron chi connectivity index (χ2n) is 3.06. The SMILES string of the molecule is O=C1C=CC(=O)N1c1c(F)cc(F)cc1Cl. The van der Waals surface area contributed by atoms with E-state index in [0.717, 1.165) is 18.2 Å². The van der Waals surface area contributed by atoms with Crippen molar-refractivity contribution < 1.29 is 18.4 Å². The van der Waals surface area contributed by atoms with Crippen LogP contribution < -0.4 is 4.90 Å². The maximum atomic E-state index is 13.4. The smallest absolute Gasteiger partial charge is 0.258 e. The molecular weight excluding hydrogens is 240 g/mol. The van der Waals surface area contributed by atoms with E-state index < -0.39 is 29.1 Å². The molecule has 3 nitrogen and oxygen atoms in total. The summed E-state index contributed by atoms with van der Waals surface area (Å²) in [5.41, 5.74) is -0.428. The number of carbonyl (C=O) groups is 2. The first kappa shape index (κ1) is 10.8. The van der Waals surface area contributed by atoms with Crippen molar-refractivity contribution in [1.82, 2.24) is 0 Å². The average molecular weight is 244 g/mol. The highest BCUT2D eigenvalue weighted by molar-refractivity contribution is 6.37. The molecule has 0 N–H and O–H groups in total. The van der Waals surface area contributed by atoms with E-state index in [0.29, 0.717) is 11.0 Å². The summed E-state index contributed by atoms with van der Waals surface area (Å²) < 4.78 is 26.2. The Morgan fingerprint density at radius 3 is 2.12 bits per heavy atom. The molecule has 6 heteroatoms. The van der Waals surface area contributed by atoms with Gasteiger partial charge in [-0.05, 0) is 6.07 Å². The first-order valence-electron chi connectivity index (χ1n) is 4.21. The van der Waals surface area contributed by atoms with Gasteiger partial charge in [0.05, 0.1) is 5.02 Å². The van der Waals surface area contributed by atoms with Crippen molar-refractivity contribution in [2.75, 3.05) is 4.90 Å². The number of anilines is 1. The lowest BCUT2D eigenvalue weighted by atomic mass is 10.2. The van der Waals surface area contributed by atoms with Gasteiger partial charge in [0.2, 0.25) is 0 Å². The zero-order valence-electron chi connectivity index (χ0n) is 7.71. The third-order valence-corrected chi connectivity index (χ3v) is 2.30. The van der Waals surface area contributed by atoms with Crippen LogP contribution in [0.3, 0.4) is 0 Å². The minimum Gasteiger partial charge on any atom is -0.269 e. The number of carbonyl (C=O) groups excluding carboxylic acids is 2. The first-order valence-corrected chi connectivity index (χ1v) is 4.59. The summed E-state index contributed by atoms with van der Waals surface area (Å²) in [4.78, 5) is 23.1. The van der Waals surface area contributed by atoms with Gasteiger partial charge in [-0.15, -0.1) is 0 Å². The van der Waals surface area contributed by atoms with Gasteiger partial charge in [-0.3, -0.25) is 9.59 Å².